The third kappa shape index (κ3) is 3.84. The molecule has 152 valence electrons. The van der Waals surface area contributed by atoms with Crippen molar-refractivity contribution in [1.82, 2.24) is 14.8 Å². The molecule has 4 rings (SSSR count). The summed E-state index contributed by atoms with van der Waals surface area (Å²) in [6, 6.07) is 12.2. The number of aromatic nitrogens is 3. The highest BCUT2D eigenvalue weighted by Gasteiger charge is 2.20. The molecule has 0 amide bonds. The molecule has 0 aliphatic carbocycles. The van der Waals surface area contributed by atoms with Gasteiger partial charge in [-0.2, -0.15) is 5.10 Å². The maximum Gasteiger partial charge on any atom is 0.272 e. The molecule has 0 N–H and O–H groups in total. The first kappa shape index (κ1) is 20.5. The lowest BCUT2D eigenvalue weighted by molar-refractivity contribution is -0.385. The number of hydrogen-bond acceptors (Lipinski definition) is 5. The third-order valence-electron chi connectivity index (χ3n) is 4.89. The van der Waals surface area contributed by atoms with E-state index in [0.717, 1.165) is 28.2 Å². The Morgan fingerprint density at radius 1 is 1.13 bits per heavy atom. The Bertz CT molecular complexity index is 1270. The molecule has 0 aliphatic rings. The molecule has 2 aromatic heterocycles. The summed E-state index contributed by atoms with van der Waals surface area (Å²) in [7, 11) is 0. The first-order valence-corrected chi connectivity index (χ1v) is 10.7. The standard InChI is InChI=1S/C21H16Cl2N4O2S/c1-12-16(9-15-5-3-4-6-20(15)27(28)29)13(2)26(25-12)21-24-19(11-30-21)14-7-8-17(22)18(23)10-14/h3-8,10-11H,9H2,1-2H3. The van der Waals surface area contributed by atoms with Crippen LogP contribution in [0.1, 0.15) is 22.5 Å². The number of halogens is 2. The maximum atomic E-state index is 11.3. The van der Waals surface area contributed by atoms with Gasteiger partial charge in [-0.25, -0.2) is 9.67 Å². The quantitative estimate of drug-likeness (QED) is 0.255. The van der Waals surface area contributed by atoms with Crippen LogP contribution in [-0.4, -0.2) is 19.7 Å². The molecule has 2 aromatic carbocycles. The van der Waals surface area contributed by atoms with Crippen molar-refractivity contribution >= 4 is 40.2 Å². The van der Waals surface area contributed by atoms with Crippen molar-refractivity contribution in [1.29, 1.82) is 0 Å². The van der Waals surface area contributed by atoms with Gasteiger partial charge in [0, 0.05) is 40.3 Å². The highest BCUT2D eigenvalue weighted by Crippen LogP contribution is 2.31. The van der Waals surface area contributed by atoms with Crippen LogP contribution in [0, 0.1) is 24.0 Å². The molecule has 0 aliphatic heterocycles. The molecule has 0 saturated heterocycles. The summed E-state index contributed by atoms with van der Waals surface area (Å²) < 4.78 is 1.78. The number of nitro benzene ring substituents is 1. The average Bonchev–Trinajstić information content (AvgIpc) is 3.31. The molecule has 4 aromatic rings. The van der Waals surface area contributed by atoms with Crippen molar-refractivity contribution in [3.63, 3.8) is 0 Å². The van der Waals surface area contributed by atoms with E-state index in [1.165, 1.54) is 17.4 Å². The summed E-state index contributed by atoms with van der Waals surface area (Å²) in [6.45, 7) is 3.85. The minimum atomic E-state index is -0.352. The van der Waals surface area contributed by atoms with E-state index in [4.69, 9.17) is 28.2 Å². The van der Waals surface area contributed by atoms with E-state index in [1.54, 1.807) is 28.9 Å². The van der Waals surface area contributed by atoms with Crippen LogP contribution in [-0.2, 0) is 6.42 Å². The number of aryl methyl sites for hydroxylation is 1. The highest BCUT2D eigenvalue weighted by molar-refractivity contribution is 7.12. The Hall–Kier alpha value is -2.74. The van der Waals surface area contributed by atoms with Crippen molar-refractivity contribution in [2.24, 2.45) is 0 Å². The summed E-state index contributed by atoms with van der Waals surface area (Å²) in [6.07, 6.45) is 0.430. The lowest BCUT2D eigenvalue weighted by Gasteiger charge is -2.04. The molecule has 0 radical (unpaired) electrons. The molecule has 0 atom stereocenters. The fourth-order valence-electron chi connectivity index (χ4n) is 3.30. The second-order valence-electron chi connectivity index (χ2n) is 6.77. The monoisotopic (exact) mass is 458 g/mol. The summed E-state index contributed by atoms with van der Waals surface area (Å²) in [5.74, 6) is 0. The van der Waals surface area contributed by atoms with Crippen LogP contribution in [0.5, 0.6) is 0 Å². The second-order valence-corrected chi connectivity index (χ2v) is 8.42. The van der Waals surface area contributed by atoms with E-state index in [9.17, 15) is 10.1 Å². The lowest BCUT2D eigenvalue weighted by atomic mass is 10.0. The first-order chi connectivity index (χ1) is 14.3. The molecular formula is C21H16Cl2N4O2S. The summed E-state index contributed by atoms with van der Waals surface area (Å²) in [5.41, 5.74) is 5.09. The Morgan fingerprint density at radius 2 is 1.90 bits per heavy atom. The predicted molar refractivity (Wildman–Crippen MR) is 120 cm³/mol. The zero-order valence-corrected chi connectivity index (χ0v) is 18.4. The van der Waals surface area contributed by atoms with Gasteiger partial charge in [0.15, 0.2) is 0 Å². The van der Waals surface area contributed by atoms with E-state index < -0.39 is 0 Å². The Morgan fingerprint density at radius 3 is 2.63 bits per heavy atom. The number of rotatable bonds is 5. The summed E-state index contributed by atoms with van der Waals surface area (Å²) >= 11 is 13.6. The van der Waals surface area contributed by atoms with Gasteiger partial charge in [-0.05, 0) is 26.0 Å². The van der Waals surface area contributed by atoms with Crippen molar-refractivity contribution in [2.75, 3.05) is 0 Å². The minimum Gasteiger partial charge on any atom is -0.258 e. The van der Waals surface area contributed by atoms with Crippen LogP contribution in [0.15, 0.2) is 47.8 Å². The van der Waals surface area contributed by atoms with Crippen LogP contribution in [0.25, 0.3) is 16.4 Å². The van der Waals surface area contributed by atoms with E-state index in [0.29, 0.717) is 27.2 Å². The van der Waals surface area contributed by atoms with E-state index in [2.05, 4.69) is 5.10 Å². The van der Waals surface area contributed by atoms with Gasteiger partial charge in [0.05, 0.1) is 26.4 Å². The van der Waals surface area contributed by atoms with Crippen molar-refractivity contribution in [3.8, 4) is 16.4 Å². The Balaban J connectivity index is 1.69. The predicted octanol–water partition coefficient (Wildman–Crippen LogP) is 6.42. The number of nitrogens with zero attached hydrogens (tertiary/aromatic N) is 4. The fraction of sp³-hybridized carbons (Fsp3) is 0.143. The van der Waals surface area contributed by atoms with Gasteiger partial charge >= 0.3 is 0 Å². The van der Waals surface area contributed by atoms with Gasteiger partial charge in [0.2, 0.25) is 5.13 Å². The number of nitro groups is 1. The summed E-state index contributed by atoms with van der Waals surface area (Å²) in [4.78, 5) is 15.7. The third-order valence-corrected chi connectivity index (χ3v) is 6.44. The Kier molecular flexibility index (Phi) is 5.60. The second kappa shape index (κ2) is 8.18. The van der Waals surface area contributed by atoms with Crippen LogP contribution >= 0.6 is 34.5 Å². The number of thiazole rings is 1. The van der Waals surface area contributed by atoms with Gasteiger partial charge in [0.25, 0.3) is 5.69 Å². The fourth-order valence-corrected chi connectivity index (χ4v) is 4.43. The molecular weight excluding hydrogens is 443 g/mol. The van der Waals surface area contributed by atoms with Gasteiger partial charge in [-0.15, -0.1) is 11.3 Å². The average molecular weight is 459 g/mol. The van der Waals surface area contributed by atoms with Gasteiger partial charge in [-0.1, -0.05) is 47.5 Å². The van der Waals surface area contributed by atoms with Crippen molar-refractivity contribution in [3.05, 3.63) is 90.5 Å². The van der Waals surface area contributed by atoms with Crippen molar-refractivity contribution in [2.45, 2.75) is 20.3 Å². The van der Waals surface area contributed by atoms with E-state index in [1.807, 2.05) is 31.4 Å². The largest absolute Gasteiger partial charge is 0.272 e. The molecule has 30 heavy (non-hydrogen) atoms. The topological polar surface area (TPSA) is 73.8 Å². The van der Waals surface area contributed by atoms with Crippen LogP contribution in [0.3, 0.4) is 0 Å². The smallest absolute Gasteiger partial charge is 0.258 e. The van der Waals surface area contributed by atoms with Crippen LogP contribution in [0.2, 0.25) is 10.0 Å². The Labute approximate surface area is 186 Å². The molecule has 9 heteroatoms. The molecule has 6 nitrogen and oxygen atoms in total. The van der Waals surface area contributed by atoms with Crippen LogP contribution in [0.4, 0.5) is 5.69 Å². The zero-order valence-electron chi connectivity index (χ0n) is 16.1. The number of hydrogen-bond donors (Lipinski definition) is 0. The van der Waals surface area contributed by atoms with Gasteiger partial charge < -0.3 is 0 Å². The first-order valence-electron chi connectivity index (χ1n) is 9.04. The number of benzene rings is 2. The molecule has 0 bridgehead atoms. The van der Waals surface area contributed by atoms with Crippen LogP contribution < -0.4 is 0 Å². The van der Waals surface area contributed by atoms with E-state index in [-0.39, 0.29) is 10.6 Å². The van der Waals surface area contributed by atoms with E-state index >= 15 is 0 Å². The van der Waals surface area contributed by atoms with Crippen molar-refractivity contribution < 1.29 is 4.92 Å². The molecule has 2 heterocycles. The van der Waals surface area contributed by atoms with Gasteiger partial charge in [-0.3, -0.25) is 10.1 Å². The summed E-state index contributed by atoms with van der Waals surface area (Å²) in [5, 5.41) is 19.6. The zero-order chi connectivity index (χ0) is 21.4. The molecule has 0 saturated carbocycles. The lowest BCUT2D eigenvalue weighted by Crippen LogP contribution is -2.00. The highest BCUT2D eigenvalue weighted by atomic mass is 35.5. The normalized spacial score (nSPS) is 11.1. The molecule has 0 fully saturated rings. The maximum absolute atomic E-state index is 11.3. The molecule has 0 unspecified atom stereocenters. The number of para-hydroxylation sites is 1. The minimum absolute atomic E-state index is 0.111. The molecule has 0 spiro atoms. The SMILES string of the molecule is Cc1nn(-c2nc(-c3ccc(Cl)c(Cl)c3)cs2)c(C)c1Cc1ccccc1[N+](=O)[O-]. The van der Waals surface area contributed by atoms with Gasteiger partial charge in [0.1, 0.15) is 0 Å².